The third-order valence-corrected chi connectivity index (χ3v) is 2.48. The van der Waals surface area contributed by atoms with Crippen molar-refractivity contribution in [3.8, 4) is 6.07 Å². The van der Waals surface area contributed by atoms with Gasteiger partial charge in [0, 0.05) is 35.8 Å². The van der Waals surface area contributed by atoms with Gasteiger partial charge in [-0.15, -0.1) is 0 Å². The number of anilines is 1. The van der Waals surface area contributed by atoms with E-state index in [-0.39, 0.29) is 0 Å². The van der Waals surface area contributed by atoms with Crippen molar-refractivity contribution in [1.82, 2.24) is 4.57 Å². The normalized spacial score (nSPS) is 10.3. The van der Waals surface area contributed by atoms with Crippen molar-refractivity contribution in [2.45, 2.75) is 19.4 Å². The zero-order valence-corrected chi connectivity index (χ0v) is 8.48. The molecule has 0 aliphatic rings. The number of nitrogen functional groups attached to an aromatic ring is 1. The molecule has 3 heteroatoms. The highest BCUT2D eigenvalue weighted by molar-refractivity contribution is 5.83. The molecule has 1 aromatic heterocycles. The number of rotatable bonds is 3. The summed E-state index contributed by atoms with van der Waals surface area (Å²) in [6, 6.07) is 10.1. The van der Waals surface area contributed by atoms with Crippen LogP contribution in [0.15, 0.2) is 30.5 Å². The second-order valence-electron chi connectivity index (χ2n) is 3.59. The molecule has 0 saturated carbocycles. The van der Waals surface area contributed by atoms with Crippen molar-refractivity contribution in [2.24, 2.45) is 0 Å². The van der Waals surface area contributed by atoms with Crippen LogP contribution in [0.5, 0.6) is 0 Å². The minimum absolute atomic E-state index is 0.606. The van der Waals surface area contributed by atoms with E-state index >= 15 is 0 Å². The van der Waals surface area contributed by atoms with Crippen LogP contribution < -0.4 is 5.73 Å². The van der Waals surface area contributed by atoms with Crippen LogP contribution in [0.25, 0.3) is 10.9 Å². The molecule has 0 saturated heterocycles. The lowest BCUT2D eigenvalue weighted by Gasteiger charge is -2.03. The average Bonchev–Trinajstić information content (AvgIpc) is 2.61. The number of nitrogens with zero attached hydrogens (tertiary/aromatic N) is 2. The summed E-state index contributed by atoms with van der Waals surface area (Å²) in [7, 11) is 0. The number of nitriles is 1. The van der Waals surface area contributed by atoms with Crippen molar-refractivity contribution in [3.05, 3.63) is 30.5 Å². The first-order valence-corrected chi connectivity index (χ1v) is 5.02. The van der Waals surface area contributed by atoms with Crippen LogP contribution in [0.2, 0.25) is 0 Å². The Morgan fingerprint density at radius 3 is 3.00 bits per heavy atom. The number of hydrogen-bond donors (Lipinski definition) is 1. The summed E-state index contributed by atoms with van der Waals surface area (Å²) in [4.78, 5) is 0. The summed E-state index contributed by atoms with van der Waals surface area (Å²) < 4.78 is 2.16. The number of hydrogen-bond acceptors (Lipinski definition) is 2. The van der Waals surface area contributed by atoms with Crippen LogP contribution in [0.3, 0.4) is 0 Å². The number of nitrogens with two attached hydrogens (primary N) is 1. The van der Waals surface area contributed by atoms with Gasteiger partial charge >= 0.3 is 0 Å². The highest BCUT2D eigenvalue weighted by Crippen LogP contribution is 2.19. The molecule has 15 heavy (non-hydrogen) atoms. The van der Waals surface area contributed by atoms with Crippen molar-refractivity contribution >= 4 is 16.6 Å². The molecule has 0 spiro atoms. The van der Waals surface area contributed by atoms with E-state index in [9.17, 15) is 0 Å². The number of aromatic nitrogens is 1. The molecule has 0 radical (unpaired) electrons. The molecule has 1 heterocycles. The van der Waals surface area contributed by atoms with Crippen LogP contribution in [0.1, 0.15) is 12.8 Å². The number of fused-ring (bicyclic) bond motifs is 1. The van der Waals surface area contributed by atoms with E-state index in [4.69, 9.17) is 11.0 Å². The van der Waals surface area contributed by atoms with Gasteiger partial charge in [0.05, 0.1) is 6.07 Å². The van der Waals surface area contributed by atoms with Crippen LogP contribution in [0.4, 0.5) is 5.69 Å². The third-order valence-electron chi connectivity index (χ3n) is 2.48. The van der Waals surface area contributed by atoms with Gasteiger partial charge in [0.2, 0.25) is 0 Å². The van der Waals surface area contributed by atoms with E-state index in [0.29, 0.717) is 6.42 Å². The van der Waals surface area contributed by atoms with Gasteiger partial charge in [0.15, 0.2) is 0 Å². The van der Waals surface area contributed by atoms with Gasteiger partial charge in [-0.2, -0.15) is 5.26 Å². The average molecular weight is 199 g/mol. The summed E-state index contributed by atoms with van der Waals surface area (Å²) in [5.74, 6) is 0. The molecule has 2 aromatic rings. The van der Waals surface area contributed by atoms with Gasteiger partial charge in [-0.25, -0.2) is 0 Å². The Bertz CT molecular complexity index is 505. The lowest BCUT2D eigenvalue weighted by atomic mass is 10.2. The topological polar surface area (TPSA) is 54.7 Å². The third kappa shape index (κ3) is 1.94. The largest absolute Gasteiger partial charge is 0.399 e. The fraction of sp³-hybridized carbons (Fsp3) is 0.250. The van der Waals surface area contributed by atoms with Crippen molar-refractivity contribution in [1.29, 1.82) is 5.26 Å². The predicted molar refractivity (Wildman–Crippen MR) is 61.2 cm³/mol. The summed E-state index contributed by atoms with van der Waals surface area (Å²) >= 11 is 0. The Hall–Kier alpha value is -1.95. The molecule has 2 N–H and O–H groups in total. The smallest absolute Gasteiger partial charge is 0.0622 e. The van der Waals surface area contributed by atoms with E-state index in [0.717, 1.165) is 24.0 Å². The molecule has 0 bridgehead atoms. The Kier molecular flexibility index (Phi) is 2.59. The van der Waals surface area contributed by atoms with Gasteiger partial charge in [-0.1, -0.05) is 0 Å². The fourth-order valence-electron chi connectivity index (χ4n) is 1.74. The molecule has 0 aliphatic heterocycles. The molecular weight excluding hydrogens is 186 g/mol. The minimum atomic E-state index is 0.606. The summed E-state index contributed by atoms with van der Waals surface area (Å²) in [6.45, 7) is 0.890. The summed E-state index contributed by atoms with van der Waals surface area (Å²) in [6.07, 6.45) is 3.54. The Balaban J connectivity index is 2.26. The molecule has 0 atom stereocenters. The van der Waals surface area contributed by atoms with Crippen LogP contribution in [-0.2, 0) is 6.54 Å². The highest BCUT2D eigenvalue weighted by atomic mass is 14.9. The fourth-order valence-corrected chi connectivity index (χ4v) is 1.74. The maximum atomic E-state index is 8.47. The van der Waals surface area contributed by atoms with E-state index in [1.54, 1.807) is 0 Å². The lowest BCUT2D eigenvalue weighted by Crippen LogP contribution is -1.95. The van der Waals surface area contributed by atoms with Gasteiger partial charge in [0.25, 0.3) is 0 Å². The Labute approximate surface area is 88.7 Å². The standard InChI is InChI=1S/C12H13N3/c13-6-1-2-7-15-8-5-10-9-11(14)3-4-12(10)15/h3-5,8-9H,1-2,7,14H2. The van der Waals surface area contributed by atoms with E-state index in [1.165, 1.54) is 5.52 Å². The van der Waals surface area contributed by atoms with E-state index in [1.807, 2.05) is 24.4 Å². The monoisotopic (exact) mass is 199 g/mol. The highest BCUT2D eigenvalue weighted by Gasteiger charge is 2.00. The molecular formula is C12H13N3. The molecule has 0 unspecified atom stereocenters. The van der Waals surface area contributed by atoms with Crippen molar-refractivity contribution < 1.29 is 0 Å². The van der Waals surface area contributed by atoms with Crippen molar-refractivity contribution in [2.75, 3.05) is 5.73 Å². The van der Waals surface area contributed by atoms with Gasteiger partial charge < -0.3 is 10.3 Å². The Morgan fingerprint density at radius 1 is 1.33 bits per heavy atom. The van der Waals surface area contributed by atoms with Crippen LogP contribution in [0, 0.1) is 11.3 Å². The predicted octanol–water partition coefficient (Wildman–Crippen LogP) is 2.53. The van der Waals surface area contributed by atoms with Crippen LogP contribution >= 0.6 is 0 Å². The Morgan fingerprint density at radius 2 is 2.20 bits per heavy atom. The first-order valence-electron chi connectivity index (χ1n) is 5.02. The lowest BCUT2D eigenvalue weighted by molar-refractivity contribution is 0.674. The molecule has 3 nitrogen and oxygen atoms in total. The first kappa shape index (κ1) is 9.60. The molecule has 0 amide bonds. The maximum Gasteiger partial charge on any atom is 0.0622 e. The SMILES string of the molecule is N#CCCCn1ccc2cc(N)ccc21. The van der Waals surface area contributed by atoms with Gasteiger partial charge in [0.1, 0.15) is 0 Å². The van der Waals surface area contributed by atoms with E-state index < -0.39 is 0 Å². The summed E-state index contributed by atoms with van der Waals surface area (Å²) in [5, 5.41) is 9.63. The number of unbranched alkanes of at least 4 members (excludes halogenated alkanes) is 1. The molecule has 76 valence electrons. The molecule has 2 rings (SSSR count). The summed E-state index contributed by atoms with van der Waals surface area (Å²) in [5.41, 5.74) is 7.67. The molecule has 0 fully saturated rings. The van der Waals surface area contributed by atoms with Crippen LogP contribution in [-0.4, -0.2) is 4.57 Å². The maximum absolute atomic E-state index is 8.47. The zero-order chi connectivity index (χ0) is 10.7. The molecule has 1 aromatic carbocycles. The zero-order valence-electron chi connectivity index (χ0n) is 8.48. The van der Waals surface area contributed by atoms with Gasteiger partial charge in [-0.3, -0.25) is 0 Å². The number of aryl methyl sites for hydroxylation is 1. The first-order chi connectivity index (χ1) is 7.31. The quantitative estimate of drug-likeness (QED) is 0.610. The molecule has 0 aliphatic carbocycles. The second kappa shape index (κ2) is 4.05. The van der Waals surface area contributed by atoms with E-state index in [2.05, 4.69) is 16.7 Å². The van der Waals surface area contributed by atoms with Crippen molar-refractivity contribution in [3.63, 3.8) is 0 Å². The minimum Gasteiger partial charge on any atom is -0.399 e. The number of benzene rings is 1. The second-order valence-corrected chi connectivity index (χ2v) is 3.59. The van der Waals surface area contributed by atoms with Gasteiger partial charge in [-0.05, 0) is 30.7 Å².